The molecule has 0 radical (unpaired) electrons. The standard InChI is InChI=1S/C16H16ClNO3/c1-18(10-11-4-3-5-13(8-11)21-2)15-9-12(17)6-7-14(15)16(19)20/h3-9H,10H2,1-2H3,(H,19,20). The molecule has 2 aromatic rings. The van der Waals surface area contributed by atoms with Crippen LogP contribution in [0.1, 0.15) is 15.9 Å². The van der Waals surface area contributed by atoms with E-state index in [4.69, 9.17) is 16.3 Å². The smallest absolute Gasteiger partial charge is 0.337 e. The second kappa shape index (κ2) is 6.50. The largest absolute Gasteiger partial charge is 0.497 e. The number of methoxy groups -OCH3 is 1. The number of nitrogens with zero attached hydrogens (tertiary/aromatic N) is 1. The number of hydrogen-bond donors (Lipinski definition) is 1. The number of carbonyl (C=O) groups is 1. The molecule has 0 atom stereocenters. The maximum absolute atomic E-state index is 11.3. The fraction of sp³-hybridized carbons (Fsp3) is 0.188. The van der Waals surface area contributed by atoms with E-state index in [0.717, 1.165) is 11.3 Å². The van der Waals surface area contributed by atoms with E-state index in [2.05, 4.69) is 0 Å². The van der Waals surface area contributed by atoms with Crippen molar-refractivity contribution in [2.75, 3.05) is 19.1 Å². The first-order chi connectivity index (χ1) is 10.0. The number of aromatic carboxylic acids is 1. The van der Waals surface area contributed by atoms with Gasteiger partial charge in [-0.25, -0.2) is 4.79 Å². The van der Waals surface area contributed by atoms with Gasteiger partial charge in [0.25, 0.3) is 0 Å². The van der Waals surface area contributed by atoms with Gasteiger partial charge in [0.15, 0.2) is 0 Å². The molecule has 2 rings (SSSR count). The lowest BCUT2D eigenvalue weighted by atomic mass is 10.1. The Hall–Kier alpha value is -2.20. The molecule has 0 heterocycles. The highest BCUT2D eigenvalue weighted by molar-refractivity contribution is 6.31. The Kier molecular flexibility index (Phi) is 4.70. The lowest BCUT2D eigenvalue weighted by Gasteiger charge is -2.22. The fourth-order valence-corrected chi connectivity index (χ4v) is 2.30. The minimum Gasteiger partial charge on any atom is -0.497 e. The van der Waals surface area contributed by atoms with E-state index >= 15 is 0 Å². The molecule has 0 fully saturated rings. The molecule has 0 saturated carbocycles. The van der Waals surface area contributed by atoms with Gasteiger partial charge in [0.2, 0.25) is 0 Å². The normalized spacial score (nSPS) is 10.2. The second-order valence-electron chi connectivity index (χ2n) is 4.67. The SMILES string of the molecule is COc1cccc(CN(C)c2cc(Cl)ccc2C(=O)O)c1. The molecular weight excluding hydrogens is 290 g/mol. The number of hydrogen-bond acceptors (Lipinski definition) is 3. The van der Waals surface area contributed by atoms with Crippen molar-refractivity contribution in [3.05, 3.63) is 58.6 Å². The zero-order valence-corrected chi connectivity index (χ0v) is 12.6. The van der Waals surface area contributed by atoms with Crippen molar-refractivity contribution < 1.29 is 14.6 Å². The summed E-state index contributed by atoms with van der Waals surface area (Å²) in [7, 11) is 3.44. The van der Waals surface area contributed by atoms with Crippen LogP contribution in [0.3, 0.4) is 0 Å². The van der Waals surface area contributed by atoms with Gasteiger partial charge < -0.3 is 14.7 Å². The number of ether oxygens (including phenoxy) is 1. The molecule has 21 heavy (non-hydrogen) atoms. The Labute approximate surface area is 128 Å². The number of carboxylic acids is 1. The molecule has 0 bridgehead atoms. The molecular formula is C16H16ClNO3. The third-order valence-electron chi connectivity index (χ3n) is 3.16. The predicted octanol–water partition coefficient (Wildman–Crippen LogP) is 3.68. The molecule has 0 saturated heterocycles. The van der Waals surface area contributed by atoms with Crippen molar-refractivity contribution in [2.45, 2.75) is 6.54 Å². The minimum absolute atomic E-state index is 0.227. The summed E-state index contributed by atoms with van der Waals surface area (Å²) in [5, 5.41) is 9.77. The van der Waals surface area contributed by atoms with Gasteiger partial charge in [-0.2, -0.15) is 0 Å². The van der Waals surface area contributed by atoms with Crippen molar-refractivity contribution in [1.29, 1.82) is 0 Å². The molecule has 2 aromatic carbocycles. The molecule has 0 aromatic heterocycles. The van der Waals surface area contributed by atoms with Crippen LogP contribution in [0, 0.1) is 0 Å². The maximum atomic E-state index is 11.3. The van der Waals surface area contributed by atoms with Crippen LogP contribution in [-0.2, 0) is 6.54 Å². The average Bonchev–Trinajstić information content (AvgIpc) is 2.47. The zero-order chi connectivity index (χ0) is 15.4. The Bertz CT molecular complexity index is 658. The number of anilines is 1. The van der Waals surface area contributed by atoms with E-state index in [9.17, 15) is 9.90 Å². The first-order valence-corrected chi connectivity index (χ1v) is 6.76. The van der Waals surface area contributed by atoms with Crippen LogP contribution >= 0.6 is 11.6 Å². The molecule has 110 valence electrons. The number of halogens is 1. The van der Waals surface area contributed by atoms with E-state index in [1.165, 1.54) is 6.07 Å². The number of carboxylic acid groups (broad SMARTS) is 1. The van der Waals surface area contributed by atoms with Gasteiger partial charge in [-0.1, -0.05) is 23.7 Å². The predicted molar refractivity (Wildman–Crippen MR) is 83.5 cm³/mol. The lowest BCUT2D eigenvalue weighted by molar-refractivity contribution is 0.0697. The van der Waals surface area contributed by atoms with Crippen LogP contribution in [0.5, 0.6) is 5.75 Å². The van der Waals surface area contributed by atoms with Gasteiger partial charge in [-0.05, 0) is 35.9 Å². The highest BCUT2D eigenvalue weighted by atomic mass is 35.5. The van der Waals surface area contributed by atoms with Gasteiger partial charge >= 0.3 is 5.97 Å². The summed E-state index contributed by atoms with van der Waals surface area (Å²) < 4.78 is 5.19. The molecule has 0 spiro atoms. The van der Waals surface area contributed by atoms with Gasteiger partial charge in [-0.15, -0.1) is 0 Å². The van der Waals surface area contributed by atoms with Gasteiger partial charge in [0.1, 0.15) is 5.75 Å². The summed E-state index contributed by atoms with van der Waals surface area (Å²) in [4.78, 5) is 13.2. The molecule has 4 nitrogen and oxygen atoms in total. The monoisotopic (exact) mass is 305 g/mol. The molecule has 0 aliphatic heterocycles. The molecule has 5 heteroatoms. The van der Waals surface area contributed by atoms with Crippen LogP contribution in [-0.4, -0.2) is 25.2 Å². The lowest BCUT2D eigenvalue weighted by Crippen LogP contribution is -2.19. The van der Waals surface area contributed by atoms with Gasteiger partial charge in [0, 0.05) is 18.6 Å². The number of benzene rings is 2. The first kappa shape index (κ1) is 15.2. The third kappa shape index (κ3) is 3.67. The summed E-state index contributed by atoms with van der Waals surface area (Å²) >= 11 is 5.98. The second-order valence-corrected chi connectivity index (χ2v) is 5.11. The summed E-state index contributed by atoms with van der Waals surface area (Å²) in [6.07, 6.45) is 0. The van der Waals surface area contributed by atoms with E-state index in [0.29, 0.717) is 17.3 Å². The van der Waals surface area contributed by atoms with Crippen molar-refractivity contribution >= 4 is 23.3 Å². The zero-order valence-electron chi connectivity index (χ0n) is 11.8. The Morgan fingerprint density at radius 3 is 2.71 bits per heavy atom. The van der Waals surface area contributed by atoms with Crippen molar-refractivity contribution in [1.82, 2.24) is 0 Å². The van der Waals surface area contributed by atoms with Crippen LogP contribution in [0.25, 0.3) is 0 Å². The molecule has 0 aliphatic carbocycles. The van der Waals surface area contributed by atoms with Crippen molar-refractivity contribution in [3.63, 3.8) is 0 Å². The van der Waals surface area contributed by atoms with E-state index in [-0.39, 0.29) is 5.56 Å². The van der Waals surface area contributed by atoms with Gasteiger partial charge in [-0.3, -0.25) is 0 Å². The highest BCUT2D eigenvalue weighted by Gasteiger charge is 2.14. The first-order valence-electron chi connectivity index (χ1n) is 6.38. The highest BCUT2D eigenvalue weighted by Crippen LogP contribution is 2.26. The Morgan fingerprint density at radius 1 is 1.29 bits per heavy atom. The van der Waals surface area contributed by atoms with Crippen LogP contribution in [0.4, 0.5) is 5.69 Å². The van der Waals surface area contributed by atoms with Crippen molar-refractivity contribution in [2.24, 2.45) is 0 Å². The topological polar surface area (TPSA) is 49.8 Å². The minimum atomic E-state index is -0.973. The molecule has 1 N–H and O–H groups in total. The Balaban J connectivity index is 2.29. The van der Waals surface area contributed by atoms with Crippen LogP contribution in [0.15, 0.2) is 42.5 Å². The summed E-state index contributed by atoms with van der Waals surface area (Å²) in [6, 6.07) is 12.4. The summed E-state index contributed by atoms with van der Waals surface area (Å²) in [6.45, 7) is 0.553. The van der Waals surface area contributed by atoms with Crippen LogP contribution in [0.2, 0.25) is 5.02 Å². The third-order valence-corrected chi connectivity index (χ3v) is 3.39. The van der Waals surface area contributed by atoms with Gasteiger partial charge in [0.05, 0.1) is 18.4 Å². The summed E-state index contributed by atoms with van der Waals surface area (Å²) in [5.74, 6) is -0.204. The molecule has 0 aliphatic rings. The fourth-order valence-electron chi connectivity index (χ4n) is 2.13. The number of rotatable bonds is 5. The molecule has 0 amide bonds. The van der Waals surface area contributed by atoms with Crippen LogP contribution < -0.4 is 9.64 Å². The quantitative estimate of drug-likeness (QED) is 0.915. The average molecular weight is 306 g/mol. The Morgan fingerprint density at radius 2 is 2.05 bits per heavy atom. The maximum Gasteiger partial charge on any atom is 0.337 e. The van der Waals surface area contributed by atoms with E-state index in [1.54, 1.807) is 19.2 Å². The molecule has 0 unspecified atom stereocenters. The summed E-state index contributed by atoms with van der Waals surface area (Å²) in [5.41, 5.74) is 1.83. The van der Waals surface area contributed by atoms with E-state index in [1.807, 2.05) is 36.2 Å². The van der Waals surface area contributed by atoms with E-state index < -0.39 is 5.97 Å². The van der Waals surface area contributed by atoms with Crippen molar-refractivity contribution in [3.8, 4) is 5.75 Å².